The molecular weight excluding hydrogens is 226 g/mol. The highest BCUT2D eigenvalue weighted by molar-refractivity contribution is 6.30. The molecule has 5 heteroatoms. The van der Waals surface area contributed by atoms with Crippen LogP contribution in [0.25, 0.3) is 0 Å². The molecule has 0 bridgehead atoms. The number of nitrogens with one attached hydrogen (secondary N) is 1. The van der Waals surface area contributed by atoms with Crippen LogP contribution in [-0.2, 0) is 6.54 Å². The Labute approximate surface area is 101 Å². The summed E-state index contributed by atoms with van der Waals surface area (Å²) in [6.07, 6.45) is 6.18. The Morgan fingerprint density at radius 2 is 2.25 bits per heavy atom. The van der Waals surface area contributed by atoms with Crippen molar-refractivity contribution in [2.75, 3.05) is 13.1 Å². The fraction of sp³-hybridized carbons (Fsp3) is 0.636. The third-order valence-corrected chi connectivity index (χ3v) is 2.45. The van der Waals surface area contributed by atoms with E-state index in [2.05, 4.69) is 17.2 Å². The molecule has 0 unspecified atom stereocenters. The topological polar surface area (TPSA) is 46.9 Å². The van der Waals surface area contributed by atoms with Gasteiger partial charge in [-0.1, -0.05) is 18.5 Å². The molecule has 0 fully saturated rings. The molecule has 1 aromatic rings. The molecule has 0 atom stereocenters. The number of nitrogens with zero attached hydrogens (tertiary/aromatic N) is 2. The van der Waals surface area contributed by atoms with E-state index < -0.39 is 0 Å². The molecular formula is C11H18ClN3O. The fourth-order valence-corrected chi connectivity index (χ4v) is 1.59. The summed E-state index contributed by atoms with van der Waals surface area (Å²) in [4.78, 5) is 15.0. The minimum Gasteiger partial charge on any atom is -0.317 e. The summed E-state index contributed by atoms with van der Waals surface area (Å²) < 4.78 is 1.56. The minimum absolute atomic E-state index is 0.231. The molecule has 0 radical (unpaired) electrons. The summed E-state index contributed by atoms with van der Waals surface area (Å²) in [6, 6.07) is 0. The zero-order valence-corrected chi connectivity index (χ0v) is 10.3. The molecule has 0 aliphatic heterocycles. The van der Waals surface area contributed by atoms with Gasteiger partial charge in [0.05, 0.1) is 11.2 Å². The Balaban J connectivity index is 2.26. The first-order valence-corrected chi connectivity index (χ1v) is 6.04. The fourth-order valence-electron chi connectivity index (χ4n) is 1.42. The first-order valence-electron chi connectivity index (χ1n) is 5.66. The van der Waals surface area contributed by atoms with E-state index in [1.807, 2.05) is 0 Å². The van der Waals surface area contributed by atoms with E-state index in [1.54, 1.807) is 10.8 Å². The van der Waals surface area contributed by atoms with E-state index >= 15 is 0 Å². The Hall–Kier alpha value is -0.870. The van der Waals surface area contributed by atoms with Crippen LogP contribution in [0, 0.1) is 0 Å². The molecule has 0 aliphatic rings. The first-order chi connectivity index (χ1) is 7.74. The van der Waals surface area contributed by atoms with Crippen molar-refractivity contribution in [3.8, 4) is 0 Å². The van der Waals surface area contributed by atoms with Gasteiger partial charge in [0.15, 0.2) is 0 Å². The van der Waals surface area contributed by atoms with Crippen LogP contribution in [-0.4, -0.2) is 22.6 Å². The van der Waals surface area contributed by atoms with Gasteiger partial charge < -0.3 is 5.32 Å². The van der Waals surface area contributed by atoms with Gasteiger partial charge in [0.25, 0.3) is 0 Å². The number of aryl methyl sites for hydroxylation is 1. The monoisotopic (exact) mass is 243 g/mol. The summed E-state index contributed by atoms with van der Waals surface area (Å²) in [6.45, 7) is 4.87. The minimum atomic E-state index is -0.231. The molecule has 0 saturated heterocycles. The second-order valence-electron chi connectivity index (χ2n) is 3.71. The van der Waals surface area contributed by atoms with Crippen LogP contribution in [0.1, 0.15) is 26.2 Å². The van der Waals surface area contributed by atoms with Crippen molar-refractivity contribution in [2.45, 2.75) is 32.7 Å². The van der Waals surface area contributed by atoms with E-state index in [9.17, 15) is 4.79 Å². The zero-order valence-electron chi connectivity index (χ0n) is 9.58. The van der Waals surface area contributed by atoms with E-state index in [0.29, 0.717) is 11.6 Å². The normalized spacial score (nSPS) is 10.6. The molecule has 0 aliphatic carbocycles. The smallest absolute Gasteiger partial charge is 0.317 e. The summed E-state index contributed by atoms with van der Waals surface area (Å²) in [5.74, 6) is 0. The average molecular weight is 244 g/mol. The molecule has 1 heterocycles. The summed E-state index contributed by atoms with van der Waals surface area (Å²) in [5.41, 5.74) is -0.231. The van der Waals surface area contributed by atoms with E-state index in [0.717, 1.165) is 32.4 Å². The maximum atomic E-state index is 11.3. The van der Waals surface area contributed by atoms with Crippen molar-refractivity contribution < 1.29 is 0 Å². The number of rotatable bonds is 7. The highest BCUT2D eigenvalue weighted by Crippen LogP contribution is 2.02. The Kier molecular flexibility index (Phi) is 6.11. The van der Waals surface area contributed by atoms with Crippen LogP contribution in [0.3, 0.4) is 0 Å². The molecule has 1 rings (SSSR count). The largest absolute Gasteiger partial charge is 0.347 e. The van der Waals surface area contributed by atoms with Crippen LogP contribution in [0.5, 0.6) is 0 Å². The standard InChI is InChI=1S/C11H18ClN3O/c1-2-5-13-6-3-4-7-15-9-10(12)8-14-11(15)16/h8-9,13H,2-7H2,1H3. The molecule has 0 aromatic carbocycles. The molecule has 1 N–H and O–H groups in total. The number of hydrogen-bond acceptors (Lipinski definition) is 3. The predicted molar refractivity (Wildman–Crippen MR) is 65.9 cm³/mol. The lowest BCUT2D eigenvalue weighted by Crippen LogP contribution is -2.23. The highest BCUT2D eigenvalue weighted by atomic mass is 35.5. The lowest BCUT2D eigenvalue weighted by atomic mass is 10.3. The molecule has 0 spiro atoms. The Bertz CT molecular complexity index is 364. The van der Waals surface area contributed by atoms with Crippen molar-refractivity contribution in [1.82, 2.24) is 14.9 Å². The number of hydrogen-bond donors (Lipinski definition) is 1. The van der Waals surface area contributed by atoms with Crippen molar-refractivity contribution in [3.63, 3.8) is 0 Å². The maximum absolute atomic E-state index is 11.3. The van der Waals surface area contributed by atoms with Crippen LogP contribution >= 0.6 is 11.6 Å². The number of halogens is 1. The molecule has 1 aromatic heterocycles. The number of unbranched alkanes of at least 4 members (excludes halogenated alkanes) is 1. The second-order valence-corrected chi connectivity index (χ2v) is 4.14. The average Bonchev–Trinajstić information content (AvgIpc) is 2.28. The number of aromatic nitrogens is 2. The van der Waals surface area contributed by atoms with Gasteiger partial charge in [0.2, 0.25) is 0 Å². The Morgan fingerprint density at radius 1 is 1.44 bits per heavy atom. The molecule has 16 heavy (non-hydrogen) atoms. The lowest BCUT2D eigenvalue weighted by molar-refractivity contribution is 0.551. The van der Waals surface area contributed by atoms with Crippen LogP contribution in [0.2, 0.25) is 5.02 Å². The Morgan fingerprint density at radius 3 is 3.00 bits per heavy atom. The summed E-state index contributed by atoms with van der Waals surface area (Å²) in [7, 11) is 0. The van der Waals surface area contributed by atoms with Crippen molar-refractivity contribution >= 4 is 11.6 Å². The van der Waals surface area contributed by atoms with Crippen LogP contribution in [0.4, 0.5) is 0 Å². The molecule has 90 valence electrons. The van der Waals surface area contributed by atoms with Crippen molar-refractivity contribution in [3.05, 3.63) is 27.9 Å². The highest BCUT2D eigenvalue weighted by Gasteiger charge is 1.97. The second kappa shape index (κ2) is 7.41. The van der Waals surface area contributed by atoms with Gasteiger partial charge in [0, 0.05) is 12.7 Å². The van der Waals surface area contributed by atoms with Crippen LogP contribution in [0.15, 0.2) is 17.2 Å². The van der Waals surface area contributed by atoms with E-state index in [4.69, 9.17) is 11.6 Å². The summed E-state index contributed by atoms with van der Waals surface area (Å²) in [5, 5.41) is 3.82. The first kappa shape index (κ1) is 13.2. The van der Waals surface area contributed by atoms with Gasteiger partial charge in [-0.25, -0.2) is 9.78 Å². The van der Waals surface area contributed by atoms with Gasteiger partial charge in [-0.2, -0.15) is 0 Å². The van der Waals surface area contributed by atoms with Gasteiger partial charge in [-0.3, -0.25) is 4.57 Å². The van der Waals surface area contributed by atoms with Gasteiger partial charge in [0.1, 0.15) is 0 Å². The predicted octanol–water partition coefficient (Wildman–Crippen LogP) is 1.68. The SMILES string of the molecule is CCCNCCCCn1cc(Cl)cnc1=O. The quantitative estimate of drug-likeness (QED) is 0.742. The van der Waals surface area contributed by atoms with E-state index in [1.165, 1.54) is 6.20 Å². The van der Waals surface area contributed by atoms with Gasteiger partial charge in [-0.15, -0.1) is 0 Å². The lowest BCUT2D eigenvalue weighted by Gasteiger charge is -2.05. The third-order valence-electron chi connectivity index (χ3n) is 2.25. The van der Waals surface area contributed by atoms with Crippen molar-refractivity contribution in [1.29, 1.82) is 0 Å². The van der Waals surface area contributed by atoms with Crippen LogP contribution < -0.4 is 11.0 Å². The zero-order chi connectivity index (χ0) is 11.8. The maximum Gasteiger partial charge on any atom is 0.347 e. The van der Waals surface area contributed by atoms with Crippen molar-refractivity contribution in [2.24, 2.45) is 0 Å². The third kappa shape index (κ3) is 4.77. The molecule has 4 nitrogen and oxygen atoms in total. The van der Waals surface area contributed by atoms with E-state index in [-0.39, 0.29) is 5.69 Å². The summed E-state index contributed by atoms with van der Waals surface area (Å²) >= 11 is 5.76. The van der Waals surface area contributed by atoms with Gasteiger partial charge >= 0.3 is 5.69 Å². The molecule has 0 saturated carbocycles. The van der Waals surface area contributed by atoms with Gasteiger partial charge in [-0.05, 0) is 32.4 Å². The molecule has 0 amide bonds.